The third-order valence-electron chi connectivity index (χ3n) is 14.9. The third kappa shape index (κ3) is 11.0. The first-order chi connectivity index (χ1) is 41.5. The fourth-order valence-corrected chi connectivity index (χ4v) is 16.2. The number of para-hydroxylation sites is 1. The number of anilines is 3. The van der Waals surface area contributed by atoms with Gasteiger partial charge in [0.1, 0.15) is 60.1 Å². The Balaban J connectivity index is 0.694. The van der Waals surface area contributed by atoms with E-state index < -0.39 is 87.1 Å². The van der Waals surface area contributed by atoms with Crippen molar-refractivity contribution in [2.45, 2.75) is 74.7 Å². The number of aliphatic hydroxyl groups excluding tert-OH is 2. The van der Waals surface area contributed by atoms with Crippen molar-refractivity contribution in [3.05, 3.63) is 143 Å². The molecule has 9 N–H and O–H groups in total. The largest absolute Gasteiger partial charge is 0.492 e. The maximum absolute atomic E-state index is 15.4. The van der Waals surface area contributed by atoms with Crippen LogP contribution in [0.3, 0.4) is 0 Å². The first-order valence-corrected chi connectivity index (χ1v) is 32.6. The van der Waals surface area contributed by atoms with Crippen molar-refractivity contribution in [2.24, 2.45) is 0 Å². The molecule has 0 spiro atoms. The molecule has 0 bridgehead atoms. The number of aliphatic hydroxyl groups is 2. The number of aromatic amines is 1. The summed E-state index contributed by atoms with van der Waals surface area (Å²) in [6.07, 6.45) is -4.26. The van der Waals surface area contributed by atoms with Crippen LogP contribution in [0.25, 0.3) is 44.8 Å². The van der Waals surface area contributed by atoms with Crippen LogP contribution in [0.15, 0.2) is 121 Å². The number of nitrogens with zero attached hydrogens (tertiary/aromatic N) is 11. The molecular weight excluding hydrogens is 1190 g/mol. The van der Waals surface area contributed by atoms with Crippen molar-refractivity contribution >= 4 is 88.7 Å². The van der Waals surface area contributed by atoms with Gasteiger partial charge in [-0.3, -0.25) is 32.8 Å². The number of rotatable bonds is 11. The van der Waals surface area contributed by atoms with Gasteiger partial charge in [0.2, 0.25) is 11.9 Å². The van der Waals surface area contributed by atoms with E-state index >= 15 is 4.57 Å². The number of H-pyrrole nitrogens is 1. The number of imidazole rings is 2. The van der Waals surface area contributed by atoms with Crippen LogP contribution in [0.4, 0.5) is 17.5 Å². The number of carbonyl (C=O) groups is 2. The van der Waals surface area contributed by atoms with E-state index in [-0.39, 0.29) is 63.7 Å². The number of esters is 1. The molecule has 10 atom stereocenters. The van der Waals surface area contributed by atoms with Crippen molar-refractivity contribution in [1.82, 2.24) is 64.2 Å². The maximum Gasteiger partial charge on any atom is 0.343 e. The summed E-state index contributed by atoms with van der Waals surface area (Å²) in [5.74, 6) is -0.151. The normalized spacial score (nSPS) is 25.6. The molecule has 0 radical (unpaired) electrons. The van der Waals surface area contributed by atoms with Gasteiger partial charge in [-0.15, -0.1) is 5.10 Å². The first kappa shape index (κ1) is 57.2. The Morgan fingerprint density at radius 2 is 1.47 bits per heavy atom. The molecule has 3 fully saturated rings. The second-order valence-electron chi connectivity index (χ2n) is 20.4. The Morgan fingerprint density at radius 3 is 2.21 bits per heavy atom. The van der Waals surface area contributed by atoms with Crippen LogP contribution in [-0.2, 0) is 51.3 Å². The molecule has 0 aliphatic carbocycles. The Bertz CT molecular complexity index is 4250. The number of ether oxygens (including phenoxy) is 4. The summed E-state index contributed by atoms with van der Waals surface area (Å²) in [5.41, 5.74) is 17.3. The van der Waals surface area contributed by atoms with E-state index in [0.29, 0.717) is 30.1 Å². The van der Waals surface area contributed by atoms with Gasteiger partial charge in [-0.25, -0.2) is 39.6 Å². The van der Waals surface area contributed by atoms with E-state index in [1.165, 1.54) is 28.1 Å². The van der Waals surface area contributed by atoms with Crippen LogP contribution in [0.1, 0.15) is 40.9 Å². The molecule has 4 aromatic carbocycles. The fraction of sp³-hybridized carbons (Fsp3) is 0.283. The van der Waals surface area contributed by atoms with Crippen molar-refractivity contribution in [1.29, 1.82) is 0 Å². The van der Waals surface area contributed by atoms with Crippen molar-refractivity contribution in [3.8, 4) is 34.0 Å². The smallest absolute Gasteiger partial charge is 0.343 e. The molecule has 29 nitrogen and oxygen atoms in total. The summed E-state index contributed by atoms with van der Waals surface area (Å²) in [6.45, 7) is -7.03. The van der Waals surface area contributed by atoms with E-state index in [1.807, 2.05) is 48.5 Å². The lowest BCUT2D eigenvalue weighted by Crippen LogP contribution is -2.47. The number of carbonyl (C=O) groups excluding carboxylic acids is 2. The zero-order valence-electron chi connectivity index (χ0n) is 45.0. The summed E-state index contributed by atoms with van der Waals surface area (Å²) < 4.78 is 70.7. The van der Waals surface area contributed by atoms with Crippen LogP contribution in [0.5, 0.6) is 11.5 Å². The van der Waals surface area contributed by atoms with Gasteiger partial charge >= 0.3 is 19.4 Å². The van der Waals surface area contributed by atoms with Gasteiger partial charge in [0.05, 0.1) is 68.0 Å². The molecule has 86 heavy (non-hydrogen) atoms. The number of aromatic nitrogens is 11. The quantitative estimate of drug-likeness (QED) is 0.0374. The van der Waals surface area contributed by atoms with E-state index in [1.54, 1.807) is 65.0 Å². The van der Waals surface area contributed by atoms with Gasteiger partial charge in [0.25, 0.3) is 5.56 Å². The van der Waals surface area contributed by atoms with E-state index in [2.05, 4.69) is 62.6 Å². The number of amides is 1. The highest BCUT2D eigenvalue weighted by Crippen LogP contribution is 2.60. The third-order valence-corrected chi connectivity index (χ3v) is 20.7. The molecule has 1 amide bonds. The van der Waals surface area contributed by atoms with Gasteiger partial charge in [-0.1, -0.05) is 72.1 Å². The van der Waals surface area contributed by atoms with Gasteiger partial charge < -0.3 is 54.6 Å². The van der Waals surface area contributed by atoms with Gasteiger partial charge in [-0.2, -0.15) is 4.98 Å². The predicted molar refractivity (Wildman–Crippen MR) is 314 cm³/mol. The number of hydrogen-bond acceptors (Lipinski definition) is 23. The van der Waals surface area contributed by atoms with Gasteiger partial charge in [-0.05, 0) is 65.0 Å². The number of nitrogens with two attached hydrogens (primary N) is 2. The highest BCUT2D eigenvalue weighted by atomic mass is 32.7. The lowest BCUT2D eigenvalue weighted by Gasteiger charge is -2.31. The Hall–Kier alpha value is -7.90. The monoisotopic (exact) mass is 1250 g/mol. The van der Waals surface area contributed by atoms with Crippen molar-refractivity contribution in [3.63, 3.8) is 0 Å². The van der Waals surface area contributed by atoms with E-state index in [9.17, 15) is 29.2 Å². The van der Waals surface area contributed by atoms with E-state index in [4.69, 9.17) is 39.5 Å². The molecule has 0 saturated carbocycles. The van der Waals surface area contributed by atoms with Crippen LogP contribution in [0, 0.1) is 0 Å². The summed E-state index contributed by atoms with van der Waals surface area (Å²) in [4.78, 5) is 64.1. The average Bonchev–Trinajstić information content (AvgIpc) is 2.88. The summed E-state index contributed by atoms with van der Waals surface area (Å²) >= 11 is 5.18. The minimum Gasteiger partial charge on any atom is -0.492 e. The minimum atomic E-state index is -4.26. The van der Waals surface area contributed by atoms with E-state index in [0.717, 1.165) is 39.5 Å². The molecular formula is C53H52N16O13P2S2. The first-order valence-electron chi connectivity index (χ1n) is 26.7. The number of thiol groups is 1. The fourth-order valence-electron chi connectivity index (χ4n) is 10.8. The minimum absolute atomic E-state index is 0.0257. The molecule has 9 heterocycles. The standard InChI is InChI=1S/C53H52N16O13P2S2/c1-27(70)66-20-30-6-2-3-7-33(30)38-43(34-8-4-5-9-35(34)66)69(65-62-38)18-19-77-31-16-12-29(13-17-31)52(74)80-32-14-10-28(11-15-32)23-86-84(76)64-40-36(81-51(45(40)72)68-26-59-42-48(68)60-53(55)61-49(42)73)21-78-83(75,85)63-39-37(22-79-84)82-50(44(39)71)67-25-58-41-46(54)56-24-57-47(41)67/h2-17,24-26,36-37,39-40,44-45,50-51,71-72H,18-23H2,1H3,(H,64,76)(H2,54,56,57)(H2,63,75,85)(H3,55,60,61,73)/t36-,37-,39+,40-,44-,45-,50-,51-,83-,84+/m1/s1. The molecule has 33 heteroatoms. The molecule has 9 aromatic rings. The molecule has 444 valence electrons. The molecule has 4 aliphatic rings. The van der Waals surface area contributed by atoms with Crippen molar-refractivity contribution < 1.29 is 56.9 Å². The molecule has 5 aromatic heterocycles. The number of fused-ring (bicyclic) bond motifs is 9. The molecule has 4 aliphatic heterocycles. The van der Waals surface area contributed by atoms with Crippen LogP contribution < -0.4 is 41.6 Å². The summed E-state index contributed by atoms with van der Waals surface area (Å²) in [6, 6.07) is 25.9. The number of nitrogens with one attached hydrogen (secondary N) is 3. The Kier molecular flexibility index (Phi) is 15.3. The molecule has 13 rings (SSSR count). The maximum atomic E-state index is 15.4. The lowest BCUT2D eigenvalue weighted by molar-refractivity contribution is -0.116. The Labute approximate surface area is 495 Å². The lowest BCUT2D eigenvalue weighted by atomic mass is 9.95. The van der Waals surface area contributed by atoms with Crippen LogP contribution >= 0.6 is 37.1 Å². The second-order valence-corrected chi connectivity index (χ2v) is 27.8. The molecule has 3 saturated heterocycles. The summed E-state index contributed by atoms with van der Waals surface area (Å²) in [7, 11) is 0. The highest BCUT2D eigenvalue weighted by molar-refractivity contribution is 8.55. The van der Waals surface area contributed by atoms with Crippen LogP contribution in [-0.4, -0.2) is 132 Å². The second kappa shape index (κ2) is 23.1. The van der Waals surface area contributed by atoms with Crippen LogP contribution in [0.2, 0.25) is 0 Å². The topological polar surface area (TPSA) is 381 Å². The zero-order valence-corrected chi connectivity index (χ0v) is 48.5. The van der Waals surface area contributed by atoms with Gasteiger partial charge in [0.15, 0.2) is 35.1 Å². The number of nitrogen functional groups attached to an aromatic ring is 2. The predicted octanol–water partition coefficient (Wildman–Crippen LogP) is 4.77. The van der Waals surface area contributed by atoms with Crippen molar-refractivity contribution in [2.75, 3.05) is 36.2 Å². The molecule has 0 unspecified atom stereocenters. The van der Waals surface area contributed by atoms with Gasteiger partial charge in [0, 0.05) is 23.8 Å². The SMILES string of the molecule is CC(=O)N1Cc2ccccc2-c2nnn(CCOc3ccc(C(=O)Oc4ccc(CS[P@]5(=O)N[C@H]6[C@@H](O)[C@H](n7cnc8c(=O)[nH]c(N)nc87)O[C@@H]6CO[P@@](=O)(S)N[C@@H]6[C@@H](O)[C@H](n7cnc8c(N)ncnc87)O[C@@H]6CO5)cc4)cc3)c2-c2ccccc21. The summed E-state index contributed by atoms with van der Waals surface area (Å²) in [5, 5.41) is 38.8. The highest BCUT2D eigenvalue weighted by Gasteiger charge is 2.52. The Morgan fingerprint density at radius 1 is 0.802 bits per heavy atom. The number of hydrogen-bond donors (Lipinski definition) is 8. The zero-order chi connectivity index (χ0) is 59.6. The average molecular weight is 1250 g/mol. The number of benzene rings is 4.